The first-order valence-electron chi connectivity index (χ1n) is 5.25. The number of rotatable bonds is 0. The van der Waals surface area contributed by atoms with E-state index in [1.165, 1.54) is 0 Å². The zero-order chi connectivity index (χ0) is 11.0. The zero-order valence-electron chi connectivity index (χ0n) is 9.67. The van der Waals surface area contributed by atoms with E-state index in [0.717, 1.165) is 13.1 Å². The first-order valence-corrected chi connectivity index (χ1v) is 5.25. The van der Waals surface area contributed by atoms with Gasteiger partial charge in [0.15, 0.2) is 0 Å². The minimum absolute atomic E-state index is 0.153. The molecule has 0 saturated carbocycles. The van der Waals surface area contributed by atoms with Gasteiger partial charge in [-0.2, -0.15) is 0 Å². The SMILES string of the molecule is C#C[C@@]1(O)CCN(C(C)(C)C)C[C@@H]1C. The van der Waals surface area contributed by atoms with Crippen LogP contribution in [0.3, 0.4) is 0 Å². The third-order valence-corrected chi connectivity index (χ3v) is 3.27. The lowest BCUT2D eigenvalue weighted by molar-refractivity contribution is -0.0441. The molecule has 0 aromatic carbocycles. The molecule has 2 nitrogen and oxygen atoms in total. The summed E-state index contributed by atoms with van der Waals surface area (Å²) in [4.78, 5) is 2.38. The summed E-state index contributed by atoms with van der Waals surface area (Å²) in [5, 5.41) is 10.1. The van der Waals surface area contributed by atoms with E-state index in [1.807, 2.05) is 6.92 Å². The van der Waals surface area contributed by atoms with Crippen molar-refractivity contribution in [1.29, 1.82) is 0 Å². The van der Waals surface area contributed by atoms with Crippen LogP contribution in [0.15, 0.2) is 0 Å². The fraction of sp³-hybridized carbons (Fsp3) is 0.833. The van der Waals surface area contributed by atoms with Gasteiger partial charge in [-0.15, -0.1) is 6.42 Å². The lowest BCUT2D eigenvalue weighted by atomic mass is 9.81. The quantitative estimate of drug-likeness (QED) is 0.592. The Morgan fingerprint density at radius 3 is 2.43 bits per heavy atom. The van der Waals surface area contributed by atoms with E-state index in [0.29, 0.717) is 6.42 Å². The highest BCUT2D eigenvalue weighted by atomic mass is 16.3. The molecule has 0 amide bonds. The minimum atomic E-state index is -0.887. The van der Waals surface area contributed by atoms with Gasteiger partial charge in [-0.1, -0.05) is 12.8 Å². The van der Waals surface area contributed by atoms with Crippen LogP contribution in [0.25, 0.3) is 0 Å². The maximum absolute atomic E-state index is 10.1. The molecule has 0 spiro atoms. The normalized spacial score (nSPS) is 35.3. The Labute approximate surface area is 87.3 Å². The average molecular weight is 195 g/mol. The molecule has 80 valence electrons. The van der Waals surface area contributed by atoms with Crippen LogP contribution in [0, 0.1) is 18.3 Å². The largest absolute Gasteiger partial charge is 0.377 e. The molecule has 0 aliphatic carbocycles. The highest BCUT2D eigenvalue weighted by molar-refractivity contribution is 5.12. The van der Waals surface area contributed by atoms with Gasteiger partial charge in [0.05, 0.1) is 0 Å². The van der Waals surface area contributed by atoms with E-state index in [9.17, 15) is 5.11 Å². The van der Waals surface area contributed by atoms with Crippen molar-refractivity contribution in [3.8, 4) is 12.3 Å². The van der Waals surface area contributed by atoms with Crippen molar-refractivity contribution in [2.75, 3.05) is 13.1 Å². The van der Waals surface area contributed by atoms with Gasteiger partial charge in [-0.05, 0) is 20.8 Å². The van der Waals surface area contributed by atoms with E-state index < -0.39 is 5.60 Å². The van der Waals surface area contributed by atoms with Gasteiger partial charge in [0.1, 0.15) is 5.60 Å². The van der Waals surface area contributed by atoms with Gasteiger partial charge in [-0.25, -0.2) is 0 Å². The molecule has 14 heavy (non-hydrogen) atoms. The van der Waals surface area contributed by atoms with Crippen LogP contribution in [-0.2, 0) is 0 Å². The Morgan fingerprint density at radius 2 is 2.07 bits per heavy atom. The molecule has 0 bridgehead atoms. The van der Waals surface area contributed by atoms with Crippen LogP contribution >= 0.6 is 0 Å². The number of likely N-dealkylation sites (tertiary alicyclic amines) is 1. The molecule has 2 heteroatoms. The van der Waals surface area contributed by atoms with E-state index in [-0.39, 0.29) is 11.5 Å². The molecule has 0 radical (unpaired) electrons. The molecular weight excluding hydrogens is 174 g/mol. The monoisotopic (exact) mass is 195 g/mol. The number of hydrogen-bond acceptors (Lipinski definition) is 2. The molecule has 0 aromatic heterocycles. The van der Waals surface area contributed by atoms with Crippen molar-refractivity contribution in [2.24, 2.45) is 5.92 Å². The smallest absolute Gasteiger partial charge is 0.130 e. The lowest BCUT2D eigenvalue weighted by Crippen LogP contribution is -2.55. The number of terminal acetylenes is 1. The Morgan fingerprint density at radius 1 is 1.50 bits per heavy atom. The Kier molecular flexibility index (Phi) is 2.94. The summed E-state index contributed by atoms with van der Waals surface area (Å²) >= 11 is 0. The predicted octanol–water partition coefficient (Wildman–Crippen LogP) is 1.49. The van der Waals surface area contributed by atoms with Crippen molar-refractivity contribution in [3.63, 3.8) is 0 Å². The maximum atomic E-state index is 10.1. The molecule has 2 atom stereocenters. The Hall–Kier alpha value is -0.520. The van der Waals surface area contributed by atoms with Gasteiger partial charge in [0.2, 0.25) is 0 Å². The molecule has 1 aliphatic heterocycles. The summed E-state index contributed by atoms with van der Waals surface area (Å²) in [6, 6.07) is 0. The van der Waals surface area contributed by atoms with Crippen LogP contribution in [0.1, 0.15) is 34.1 Å². The summed E-state index contributed by atoms with van der Waals surface area (Å²) in [6.45, 7) is 10.4. The van der Waals surface area contributed by atoms with Crippen molar-refractivity contribution >= 4 is 0 Å². The van der Waals surface area contributed by atoms with E-state index in [2.05, 4.69) is 31.6 Å². The summed E-state index contributed by atoms with van der Waals surface area (Å²) in [6.07, 6.45) is 6.05. The van der Waals surface area contributed by atoms with Crippen LogP contribution in [-0.4, -0.2) is 34.2 Å². The van der Waals surface area contributed by atoms with Gasteiger partial charge in [-0.3, -0.25) is 4.90 Å². The van der Waals surface area contributed by atoms with Crippen LogP contribution in [0.4, 0.5) is 0 Å². The van der Waals surface area contributed by atoms with Crippen molar-refractivity contribution in [1.82, 2.24) is 4.90 Å². The van der Waals surface area contributed by atoms with Crippen molar-refractivity contribution in [3.05, 3.63) is 0 Å². The second kappa shape index (κ2) is 3.56. The highest BCUT2D eigenvalue weighted by Crippen LogP contribution is 2.30. The molecule has 1 fully saturated rings. The van der Waals surface area contributed by atoms with Crippen LogP contribution < -0.4 is 0 Å². The molecule has 0 aromatic rings. The predicted molar refractivity (Wildman–Crippen MR) is 58.9 cm³/mol. The first-order chi connectivity index (χ1) is 6.29. The number of nitrogens with zero attached hydrogens (tertiary/aromatic N) is 1. The standard InChI is InChI=1S/C12H21NO/c1-6-12(14)7-8-13(9-10(12)2)11(3,4)5/h1,10,14H,7-9H2,2-5H3/t10-,12+/m0/s1. The Balaban J connectivity index is 2.70. The molecule has 0 unspecified atom stereocenters. The van der Waals surface area contributed by atoms with Crippen molar-refractivity contribution in [2.45, 2.75) is 45.3 Å². The molecule has 1 saturated heterocycles. The molecule has 1 aliphatic rings. The fourth-order valence-electron chi connectivity index (χ4n) is 1.95. The number of aliphatic hydroxyl groups is 1. The highest BCUT2D eigenvalue weighted by Gasteiger charge is 2.39. The van der Waals surface area contributed by atoms with Crippen LogP contribution in [0.5, 0.6) is 0 Å². The van der Waals surface area contributed by atoms with Gasteiger partial charge in [0, 0.05) is 31.0 Å². The van der Waals surface area contributed by atoms with Crippen LogP contribution in [0.2, 0.25) is 0 Å². The summed E-state index contributed by atoms with van der Waals surface area (Å²) < 4.78 is 0. The van der Waals surface area contributed by atoms with Gasteiger partial charge < -0.3 is 5.11 Å². The van der Waals surface area contributed by atoms with E-state index in [1.54, 1.807) is 0 Å². The first kappa shape index (κ1) is 11.6. The lowest BCUT2D eigenvalue weighted by Gasteiger charge is -2.46. The number of piperidine rings is 1. The topological polar surface area (TPSA) is 23.5 Å². The third-order valence-electron chi connectivity index (χ3n) is 3.27. The minimum Gasteiger partial charge on any atom is -0.377 e. The van der Waals surface area contributed by atoms with E-state index >= 15 is 0 Å². The maximum Gasteiger partial charge on any atom is 0.130 e. The van der Waals surface area contributed by atoms with Gasteiger partial charge >= 0.3 is 0 Å². The summed E-state index contributed by atoms with van der Waals surface area (Å²) in [5.41, 5.74) is -0.716. The summed E-state index contributed by atoms with van der Waals surface area (Å²) in [7, 11) is 0. The molecular formula is C12H21NO. The Bertz CT molecular complexity index is 248. The number of hydrogen-bond donors (Lipinski definition) is 1. The average Bonchev–Trinajstić information content (AvgIpc) is 2.08. The molecule has 1 heterocycles. The van der Waals surface area contributed by atoms with Crippen molar-refractivity contribution < 1.29 is 5.11 Å². The zero-order valence-corrected chi connectivity index (χ0v) is 9.67. The third kappa shape index (κ3) is 2.10. The second-order valence-corrected chi connectivity index (χ2v) is 5.34. The molecule has 1 rings (SSSR count). The molecule has 1 N–H and O–H groups in total. The second-order valence-electron chi connectivity index (χ2n) is 5.34. The summed E-state index contributed by atoms with van der Waals surface area (Å²) in [5.74, 6) is 2.68. The van der Waals surface area contributed by atoms with E-state index in [4.69, 9.17) is 6.42 Å². The van der Waals surface area contributed by atoms with Gasteiger partial charge in [0.25, 0.3) is 0 Å². The fourth-order valence-corrected chi connectivity index (χ4v) is 1.95.